The monoisotopic (exact) mass is 388 g/mol. The minimum absolute atomic E-state index is 0.0557. The van der Waals surface area contributed by atoms with E-state index < -0.39 is 0 Å². The maximum absolute atomic E-state index is 12.3. The Kier molecular flexibility index (Phi) is 8.35. The second-order valence-corrected chi connectivity index (χ2v) is 8.39. The molecule has 2 rings (SSSR count). The quantitative estimate of drug-likeness (QED) is 0.600. The van der Waals surface area contributed by atoms with E-state index in [2.05, 4.69) is 66.8 Å². The van der Waals surface area contributed by atoms with E-state index in [1.807, 2.05) is 12.1 Å². The third-order valence-corrected chi connectivity index (χ3v) is 5.54. The van der Waals surface area contributed by atoms with Crippen LogP contribution in [0.5, 0.6) is 0 Å². The number of carbonyl (C=O) groups is 1. The maximum Gasteiger partial charge on any atom is 0.230 e. The highest BCUT2D eigenvalue weighted by Crippen LogP contribution is 2.26. The summed E-state index contributed by atoms with van der Waals surface area (Å²) in [6.45, 7) is 11.5. The number of nitrogens with one attached hydrogen (secondary N) is 1. The molecule has 1 N–H and O–H groups in total. The predicted molar refractivity (Wildman–Crippen MR) is 113 cm³/mol. The van der Waals surface area contributed by atoms with E-state index in [0.29, 0.717) is 11.7 Å². The average molecular weight is 389 g/mol. The fourth-order valence-electron chi connectivity index (χ4n) is 3.05. The van der Waals surface area contributed by atoms with Gasteiger partial charge in [-0.05, 0) is 38.7 Å². The lowest BCUT2D eigenvalue weighted by Gasteiger charge is -2.14. The molecule has 0 saturated carbocycles. The maximum atomic E-state index is 12.3. The van der Waals surface area contributed by atoms with Crippen LogP contribution in [0.15, 0.2) is 29.4 Å². The van der Waals surface area contributed by atoms with E-state index in [1.165, 1.54) is 23.7 Å². The molecular weight excluding hydrogens is 356 g/mol. The number of nitrogens with zero attached hydrogens (tertiary/aromatic N) is 3. The molecule has 0 saturated heterocycles. The van der Waals surface area contributed by atoms with Gasteiger partial charge in [0.25, 0.3) is 0 Å². The van der Waals surface area contributed by atoms with Crippen molar-refractivity contribution in [1.29, 1.82) is 0 Å². The van der Waals surface area contributed by atoms with Crippen LogP contribution >= 0.6 is 11.8 Å². The SMILES string of the molecule is CCn1c(SCC(=O)N[C@@H](C)CCCC(C)C)nnc1-c1ccccc1C. The van der Waals surface area contributed by atoms with Gasteiger partial charge in [0, 0.05) is 18.2 Å². The normalized spacial score (nSPS) is 12.4. The Morgan fingerprint density at radius 2 is 1.93 bits per heavy atom. The summed E-state index contributed by atoms with van der Waals surface area (Å²) in [6.07, 6.45) is 3.38. The molecule has 0 fully saturated rings. The molecule has 5 nitrogen and oxygen atoms in total. The molecule has 1 aromatic carbocycles. The molecule has 0 aliphatic rings. The third-order valence-electron chi connectivity index (χ3n) is 4.58. The summed E-state index contributed by atoms with van der Waals surface area (Å²) in [4.78, 5) is 12.3. The molecule has 0 spiro atoms. The van der Waals surface area contributed by atoms with Crippen LogP contribution in [0.4, 0.5) is 0 Å². The minimum Gasteiger partial charge on any atom is -0.353 e. The molecule has 1 amide bonds. The fourth-order valence-corrected chi connectivity index (χ4v) is 3.87. The molecule has 1 aromatic heterocycles. The highest BCUT2D eigenvalue weighted by atomic mass is 32.2. The Balaban J connectivity index is 1.92. The van der Waals surface area contributed by atoms with Gasteiger partial charge < -0.3 is 9.88 Å². The van der Waals surface area contributed by atoms with Crippen LogP contribution in [0.25, 0.3) is 11.4 Å². The molecule has 1 heterocycles. The van der Waals surface area contributed by atoms with Crippen molar-refractivity contribution in [2.45, 2.75) is 71.6 Å². The number of aryl methyl sites for hydroxylation is 1. The van der Waals surface area contributed by atoms with Gasteiger partial charge in [-0.1, -0.05) is 62.7 Å². The van der Waals surface area contributed by atoms with Gasteiger partial charge in [-0.3, -0.25) is 4.79 Å². The zero-order valence-electron chi connectivity index (χ0n) is 17.2. The summed E-state index contributed by atoms with van der Waals surface area (Å²) < 4.78 is 2.08. The second kappa shape index (κ2) is 10.5. The average Bonchev–Trinajstić information content (AvgIpc) is 3.02. The second-order valence-electron chi connectivity index (χ2n) is 7.45. The Morgan fingerprint density at radius 1 is 1.19 bits per heavy atom. The Hall–Kier alpha value is -1.82. The highest BCUT2D eigenvalue weighted by Gasteiger charge is 2.16. The van der Waals surface area contributed by atoms with Crippen molar-refractivity contribution < 1.29 is 4.79 Å². The fraction of sp³-hybridized carbons (Fsp3) is 0.571. The van der Waals surface area contributed by atoms with Crippen molar-refractivity contribution in [2.24, 2.45) is 5.92 Å². The van der Waals surface area contributed by atoms with Gasteiger partial charge in [-0.25, -0.2) is 0 Å². The summed E-state index contributed by atoms with van der Waals surface area (Å²) in [5.41, 5.74) is 2.26. The van der Waals surface area contributed by atoms with E-state index in [9.17, 15) is 4.79 Å². The van der Waals surface area contributed by atoms with Crippen molar-refractivity contribution in [1.82, 2.24) is 20.1 Å². The topological polar surface area (TPSA) is 59.8 Å². The molecule has 0 bridgehead atoms. The van der Waals surface area contributed by atoms with Crippen LogP contribution in [0, 0.1) is 12.8 Å². The van der Waals surface area contributed by atoms with E-state index in [0.717, 1.165) is 35.9 Å². The lowest BCUT2D eigenvalue weighted by Crippen LogP contribution is -2.33. The number of hydrogen-bond donors (Lipinski definition) is 1. The summed E-state index contributed by atoms with van der Waals surface area (Å²) >= 11 is 1.45. The Labute approximate surface area is 167 Å². The van der Waals surface area contributed by atoms with Crippen LogP contribution < -0.4 is 5.32 Å². The number of benzene rings is 1. The van der Waals surface area contributed by atoms with Crippen LogP contribution in [-0.2, 0) is 11.3 Å². The molecule has 2 aromatic rings. The van der Waals surface area contributed by atoms with Crippen LogP contribution in [0.2, 0.25) is 0 Å². The summed E-state index contributed by atoms with van der Waals surface area (Å²) in [5, 5.41) is 12.6. The van der Waals surface area contributed by atoms with Gasteiger partial charge >= 0.3 is 0 Å². The van der Waals surface area contributed by atoms with Crippen molar-refractivity contribution in [3.63, 3.8) is 0 Å². The lowest BCUT2D eigenvalue weighted by atomic mass is 10.0. The number of aromatic nitrogens is 3. The van der Waals surface area contributed by atoms with Crippen molar-refractivity contribution in [2.75, 3.05) is 5.75 Å². The van der Waals surface area contributed by atoms with Gasteiger partial charge in [-0.15, -0.1) is 10.2 Å². The molecule has 0 unspecified atom stereocenters. The van der Waals surface area contributed by atoms with Crippen molar-refractivity contribution in [3.05, 3.63) is 29.8 Å². The summed E-state index contributed by atoms with van der Waals surface area (Å²) in [7, 11) is 0. The molecule has 0 aliphatic carbocycles. The molecule has 0 radical (unpaired) electrons. The van der Waals surface area contributed by atoms with Crippen molar-refractivity contribution >= 4 is 17.7 Å². The van der Waals surface area contributed by atoms with Crippen LogP contribution in [0.1, 0.15) is 52.5 Å². The number of thioether (sulfide) groups is 1. The highest BCUT2D eigenvalue weighted by molar-refractivity contribution is 7.99. The standard InChI is InChI=1S/C21H32N4OS/c1-6-25-20(18-13-8-7-11-16(18)4)23-24-21(25)27-14-19(26)22-17(5)12-9-10-15(2)3/h7-8,11,13,15,17H,6,9-10,12,14H2,1-5H3,(H,22,26)/t17-/m0/s1. The first-order chi connectivity index (χ1) is 12.9. The molecule has 1 atom stereocenters. The molecule has 148 valence electrons. The van der Waals surface area contributed by atoms with Gasteiger partial charge in [-0.2, -0.15) is 0 Å². The lowest BCUT2D eigenvalue weighted by molar-refractivity contribution is -0.119. The van der Waals surface area contributed by atoms with Crippen molar-refractivity contribution in [3.8, 4) is 11.4 Å². The first-order valence-electron chi connectivity index (χ1n) is 9.83. The Bertz CT molecular complexity index is 742. The first-order valence-corrected chi connectivity index (χ1v) is 10.8. The summed E-state index contributed by atoms with van der Waals surface area (Å²) in [6, 6.07) is 8.38. The number of hydrogen-bond acceptors (Lipinski definition) is 4. The molecular formula is C21H32N4OS. The summed E-state index contributed by atoms with van der Waals surface area (Å²) in [5.74, 6) is 1.99. The first kappa shape index (κ1) is 21.5. The van der Waals surface area contributed by atoms with Gasteiger partial charge in [0.2, 0.25) is 5.91 Å². The smallest absolute Gasteiger partial charge is 0.230 e. The zero-order chi connectivity index (χ0) is 19.8. The van der Waals surface area contributed by atoms with Gasteiger partial charge in [0.1, 0.15) is 0 Å². The zero-order valence-corrected chi connectivity index (χ0v) is 18.0. The van der Waals surface area contributed by atoms with E-state index in [1.54, 1.807) is 0 Å². The van der Waals surface area contributed by atoms with E-state index >= 15 is 0 Å². The minimum atomic E-state index is 0.0557. The van der Waals surface area contributed by atoms with Crippen LogP contribution in [-0.4, -0.2) is 32.5 Å². The van der Waals surface area contributed by atoms with Gasteiger partial charge in [0.05, 0.1) is 5.75 Å². The Morgan fingerprint density at radius 3 is 2.59 bits per heavy atom. The molecule has 0 aliphatic heterocycles. The van der Waals surface area contributed by atoms with Crippen LogP contribution in [0.3, 0.4) is 0 Å². The molecule has 27 heavy (non-hydrogen) atoms. The predicted octanol–water partition coefficient (Wildman–Crippen LogP) is 4.70. The number of rotatable bonds is 10. The third kappa shape index (κ3) is 6.38. The van der Waals surface area contributed by atoms with E-state index in [-0.39, 0.29) is 11.9 Å². The molecule has 6 heteroatoms. The largest absolute Gasteiger partial charge is 0.353 e. The van der Waals surface area contributed by atoms with E-state index in [4.69, 9.17) is 0 Å². The number of carbonyl (C=O) groups excluding carboxylic acids is 1. The van der Waals surface area contributed by atoms with Gasteiger partial charge in [0.15, 0.2) is 11.0 Å². The number of amides is 1.